The van der Waals surface area contributed by atoms with Crippen molar-refractivity contribution in [3.8, 4) is 5.75 Å². The molecule has 2 aromatic rings. The van der Waals surface area contributed by atoms with Gasteiger partial charge in [0.25, 0.3) is 0 Å². The largest absolute Gasteiger partial charge is 0.491 e. The SMILES string of the molecule is NC(=O)C(CNC(=O)CCOc1cccc(Cl)c1Cl)Cc1ccc(F)cc1. The van der Waals surface area contributed by atoms with Gasteiger partial charge >= 0.3 is 0 Å². The van der Waals surface area contributed by atoms with E-state index in [0.29, 0.717) is 17.2 Å². The summed E-state index contributed by atoms with van der Waals surface area (Å²) in [5.74, 6) is -1.39. The summed E-state index contributed by atoms with van der Waals surface area (Å²) in [4.78, 5) is 23.6. The highest BCUT2D eigenvalue weighted by atomic mass is 35.5. The summed E-state index contributed by atoms with van der Waals surface area (Å²) in [6.45, 7) is 0.189. The van der Waals surface area contributed by atoms with Gasteiger partial charge in [-0.25, -0.2) is 4.39 Å². The molecule has 0 heterocycles. The van der Waals surface area contributed by atoms with Crippen LogP contribution in [0.15, 0.2) is 42.5 Å². The van der Waals surface area contributed by atoms with Crippen LogP contribution in [-0.2, 0) is 16.0 Å². The van der Waals surface area contributed by atoms with Crippen LogP contribution in [0.3, 0.4) is 0 Å². The maximum atomic E-state index is 12.9. The lowest BCUT2D eigenvalue weighted by molar-refractivity contribution is -0.123. The molecule has 0 aliphatic rings. The molecule has 144 valence electrons. The van der Waals surface area contributed by atoms with E-state index in [2.05, 4.69) is 5.32 Å². The number of hydrogen-bond donors (Lipinski definition) is 2. The molecule has 0 radical (unpaired) electrons. The Balaban J connectivity index is 1.79. The predicted molar refractivity (Wildman–Crippen MR) is 102 cm³/mol. The van der Waals surface area contributed by atoms with E-state index in [1.54, 1.807) is 30.3 Å². The number of rotatable bonds is 9. The third-order valence-corrected chi connectivity index (χ3v) is 4.65. The lowest BCUT2D eigenvalue weighted by Gasteiger charge is -2.15. The lowest BCUT2D eigenvalue weighted by atomic mass is 9.98. The Labute approximate surface area is 166 Å². The standard InChI is InChI=1S/C19H19Cl2FN2O3/c20-15-2-1-3-16(18(15)21)27-9-8-17(25)24-11-13(19(23)26)10-12-4-6-14(22)7-5-12/h1-7,13H,8-11H2,(H2,23,26)(H,24,25). The average Bonchev–Trinajstić information content (AvgIpc) is 2.63. The van der Waals surface area contributed by atoms with E-state index < -0.39 is 11.8 Å². The van der Waals surface area contributed by atoms with Gasteiger partial charge in [-0.2, -0.15) is 0 Å². The van der Waals surface area contributed by atoms with Crippen LogP contribution < -0.4 is 15.8 Å². The normalized spacial score (nSPS) is 11.7. The quantitative estimate of drug-likeness (QED) is 0.662. The minimum absolute atomic E-state index is 0.0743. The molecule has 0 fully saturated rings. The van der Waals surface area contributed by atoms with Gasteiger partial charge in [0.1, 0.15) is 16.6 Å². The maximum Gasteiger partial charge on any atom is 0.223 e. The van der Waals surface area contributed by atoms with Gasteiger partial charge in [0.2, 0.25) is 11.8 Å². The molecule has 0 saturated carbocycles. The zero-order chi connectivity index (χ0) is 19.8. The van der Waals surface area contributed by atoms with Crippen LogP contribution in [0.1, 0.15) is 12.0 Å². The zero-order valence-electron chi connectivity index (χ0n) is 14.4. The van der Waals surface area contributed by atoms with Gasteiger partial charge in [0.05, 0.1) is 24.0 Å². The molecule has 2 rings (SSSR count). The van der Waals surface area contributed by atoms with E-state index in [4.69, 9.17) is 33.7 Å². The van der Waals surface area contributed by atoms with E-state index in [-0.39, 0.29) is 36.3 Å². The van der Waals surface area contributed by atoms with Crippen molar-refractivity contribution in [1.29, 1.82) is 0 Å². The summed E-state index contributed by atoms with van der Waals surface area (Å²) < 4.78 is 18.4. The van der Waals surface area contributed by atoms with Gasteiger partial charge in [0, 0.05) is 6.54 Å². The second kappa shape index (κ2) is 10.1. The summed E-state index contributed by atoms with van der Waals surface area (Å²) in [6, 6.07) is 10.8. The summed E-state index contributed by atoms with van der Waals surface area (Å²) in [6.07, 6.45) is 0.384. The number of benzene rings is 2. The topological polar surface area (TPSA) is 81.4 Å². The van der Waals surface area contributed by atoms with E-state index in [1.807, 2.05) is 0 Å². The average molecular weight is 413 g/mol. The summed E-state index contributed by atoms with van der Waals surface area (Å²) in [5, 5.41) is 3.30. The fourth-order valence-corrected chi connectivity index (χ4v) is 2.70. The van der Waals surface area contributed by atoms with E-state index in [0.717, 1.165) is 5.56 Å². The molecular weight excluding hydrogens is 394 g/mol. The second-order valence-corrected chi connectivity index (χ2v) is 6.67. The van der Waals surface area contributed by atoms with Crippen LogP contribution in [0, 0.1) is 11.7 Å². The van der Waals surface area contributed by atoms with Gasteiger partial charge in [0.15, 0.2) is 0 Å². The minimum Gasteiger partial charge on any atom is -0.491 e. The Morgan fingerprint density at radius 2 is 1.85 bits per heavy atom. The molecule has 0 aliphatic carbocycles. The van der Waals surface area contributed by atoms with Crippen LogP contribution in [0.25, 0.3) is 0 Å². The van der Waals surface area contributed by atoms with Crippen LogP contribution in [0.5, 0.6) is 5.75 Å². The molecule has 8 heteroatoms. The number of amides is 2. The molecule has 0 aliphatic heterocycles. The Hall–Kier alpha value is -2.31. The Morgan fingerprint density at radius 1 is 1.15 bits per heavy atom. The van der Waals surface area contributed by atoms with Gasteiger partial charge < -0.3 is 15.8 Å². The highest BCUT2D eigenvalue weighted by Gasteiger charge is 2.17. The minimum atomic E-state index is -0.595. The van der Waals surface area contributed by atoms with Gasteiger partial charge in [-0.3, -0.25) is 9.59 Å². The van der Waals surface area contributed by atoms with E-state index in [1.165, 1.54) is 12.1 Å². The van der Waals surface area contributed by atoms with Crippen molar-refractivity contribution in [2.75, 3.05) is 13.2 Å². The molecule has 0 spiro atoms. The van der Waals surface area contributed by atoms with Gasteiger partial charge in [-0.1, -0.05) is 41.4 Å². The van der Waals surface area contributed by atoms with Crippen molar-refractivity contribution in [2.24, 2.45) is 11.7 Å². The summed E-state index contributed by atoms with van der Waals surface area (Å²) >= 11 is 11.9. The zero-order valence-corrected chi connectivity index (χ0v) is 15.9. The molecule has 27 heavy (non-hydrogen) atoms. The number of ether oxygens (including phenoxy) is 1. The monoisotopic (exact) mass is 412 g/mol. The first-order valence-electron chi connectivity index (χ1n) is 8.24. The molecule has 1 atom stereocenters. The molecule has 1 unspecified atom stereocenters. The summed E-state index contributed by atoms with van der Waals surface area (Å²) in [5.41, 5.74) is 6.15. The lowest BCUT2D eigenvalue weighted by Crippen LogP contribution is -2.37. The highest BCUT2D eigenvalue weighted by molar-refractivity contribution is 6.42. The van der Waals surface area contributed by atoms with Crippen LogP contribution in [0.2, 0.25) is 10.0 Å². The molecule has 2 amide bonds. The number of carbonyl (C=O) groups is 2. The van der Waals surface area contributed by atoms with Crippen molar-refractivity contribution < 1.29 is 18.7 Å². The number of hydrogen-bond acceptors (Lipinski definition) is 3. The molecule has 0 bridgehead atoms. The maximum absolute atomic E-state index is 12.9. The number of nitrogens with two attached hydrogens (primary N) is 1. The number of nitrogens with one attached hydrogen (secondary N) is 1. The van der Waals surface area contributed by atoms with Crippen LogP contribution >= 0.6 is 23.2 Å². The molecule has 0 saturated heterocycles. The fourth-order valence-electron chi connectivity index (χ4n) is 2.35. The van der Waals surface area contributed by atoms with E-state index >= 15 is 0 Å². The van der Waals surface area contributed by atoms with E-state index in [9.17, 15) is 14.0 Å². The first kappa shape index (κ1) is 21.0. The Bertz CT molecular complexity index is 800. The smallest absolute Gasteiger partial charge is 0.223 e. The highest BCUT2D eigenvalue weighted by Crippen LogP contribution is 2.31. The molecule has 3 N–H and O–H groups in total. The number of carbonyl (C=O) groups excluding carboxylic acids is 2. The predicted octanol–water partition coefficient (Wildman–Crippen LogP) is 3.36. The third-order valence-electron chi connectivity index (χ3n) is 3.85. The van der Waals surface area contributed by atoms with Crippen molar-refractivity contribution >= 4 is 35.0 Å². The van der Waals surface area contributed by atoms with Crippen molar-refractivity contribution in [3.05, 3.63) is 63.9 Å². The fraction of sp³-hybridized carbons (Fsp3) is 0.263. The molecule has 0 aromatic heterocycles. The molecular formula is C19H19Cl2FN2O3. The number of halogens is 3. The Kier molecular flexibility index (Phi) is 7.88. The van der Waals surface area contributed by atoms with Crippen LogP contribution in [0.4, 0.5) is 4.39 Å². The molecule has 2 aromatic carbocycles. The summed E-state index contributed by atoms with van der Waals surface area (Å²) in [7, 11) is 0. The van der Waals surface area contributed by atoms with Crippen molar-refractivity contribution in [1.82, 2.24) is 5.32 Å². The van der Waals surface area contributed by atoms with Gasteiger partial charge in [-0.05, 0) is 36.2 Å². The first-order valence-corrected chi connectivity index (χ1v) is 8.99. The van der Waals surface area contributed by atoms with Crippen molar-refractivity contribution in [3.63, 3.8) is 0 Å². The third kappa shape index (κ3) is 6.73. The molecule has 5 nitrogen and oxygen atoms in total. The second-order valence-electron chi connectivity index (χ2n) is 5.88. The Morgan fingerprint density at radius 3 is 2.52 bits per heavy atom. The number of primary amides is 1. The van der Waals surface area contributed by atoms with Crippen molar-refractivity contribution in [2.45, 2.75) is 12.8 Å². The first-order chi connectivity index (χ1) is 12.9. The van der Waals surface area contributed by atoms with Gasteiger partial charge in [-0.15, -0.1) is 0 Å². The van der Waals surface area contributed by atoms with Crippen LogP contribution in [-0.4, -0.2) is 25.0 Å².